The lowest BCUT2D eigenvalue weighted by molar-refractivity contribution is -0.119. The molecule has 1 fully saturated rings. The van der Waals surface area contributed by atoms with Crippen LogP contribution in [0, 0.1) is 6.92 Å². The minimum absolute atomic E-state index is 0.00663. The van der Waals surface area contributed by atoms with Crippen molar-refractivity contribution >= 4 is 17.5 Å². The molecule has 1 aliphatic carbocycles. The van der Waals surface area contributed by atoms with E-state index in [1.165, 1.54) is 0 Å². The third-order valence-electron chi connectivity index (χ3n) is 3.44. The van der Waals surface area contributed by atoms with Gasteiger partial charge in [0.2, 0.25) is 5.91 Å². The average Bonchev–Trinajstić information content (AvgIpc) is 3.30. The number of amides is 1. The highest BCUT2D eigenvalue weighted by Crippen LogP contribution is 2.39. The molecule has 1 heterocycles. The van der Waals surface area contributed by atoms with E-state index in [1.807, 2.05) is 20.8 Å². The summed E-state index contributed by atoms with van der Waals surface area (Å²) in [5, 5.41) is 9.26. The lowest BCUT2D eigenvalue weighted by Gasteiger charge is -2.14. The van der Waals surface area contributed by atoms with Crippen molar-refractivity contribution in [3.63, 3.8) is 0 Å². The summed E-state index contributed by atoms with van der Waals surface area (Å²) < 4.78 is 0. The predicted octanol–water partition coefficient (Wildman–Crippen LogP) is 2.03. The van der Waals surface area contributed by atoms with E-state index in [1.54, 1.807) is 0 Å². The monoisotopic (exact) mass is 291 g/mol. The van der Waals surface area contributed by atoms with Gasteiger partial charge in [0.1, 0.15) is 17.5 Å². The van der Waals surface area contributed by atoms with Gasteiger partial charge < -0.3 is 16.0 Å². The molecule has 0 bridgehead atoms. The molecule has 0 spiro atoms. The Balaban J connectivity index is 2.07. The molecular weight excluding hydrogens is 266 g/mol. The molecule has 1 aliphatic rings. The average molecular weight is 291 g/mol. The topological polar surface area (TPSA) is 78.9 Å². The number of carbonyl (C=O) groups is 1. The normalized spacial score (nSPS) is 13.9. The highest BCUT2D eigenvalue weighted by molar-refractivity contribution is 5.80. The summed E-state index contributed by atoms with van der Waals surface area (Å²) in [6, 6.07) is 0. The van der Waals surface area contributed by atoms with Gasteiger partial charge in [-0.3, -0.25) is 4.79 Å². The molecule has 0 atom stereocenters. The molecule has 116 valence electrons. The zero-order chi connectivity index (χ0) is 15.2. The largest absolute Gasteiger partial charge is 0.370 e. The van der Waals surface area contributed by atoms with Crippen LogP contribution in [-0.2, 0) is 4.79 Å². The van der Waals surface area contributed by atoms with Crippen LogP contribution in [0.3, 0.4) is 0 Å². The van der Waals surface area contributed by atoms with E-state index in [2.05, 4.69) is 25.9 Å². The van der Waals surface area contributed by atoms with E-state index in [0.29, 0.717) is 12.5 Å². The molecule has 6 nitrogen and oxygen atoms in total. The fourth-order valence-corrected chi connectivity index (χ4v) is 2.06. The zero-order valence-corrected chi connectivity index (χ0v) is 13.1. The van der Waals surface area contributed by atoms with Crippen LogP contribution in [-0.4, -0.2) is 35.5 Å². The van der Waals surface area contributed by atoms with E-state index in [-0.39, 0.29) is 12.5 Å². The summed E-state index contributed by atoms with van der Waals surface area (Å²) in [5.74, 6) is 2.98. The number of nitrogens with zero attached hydrogens (tertiary/aromatic N) is 2. The summed E-state index contributed by atoms with van der Waals surface area (Å²) in [6.07, 6.45) is 3.25. The van der Waals surface area contributed by atoms with Crippen LogP contribution >= 0.6 is 0 Å². The molecule has 0 aliphatic heterocycles. The second kappa shape index (κ2) is 7.24. The van der Waals surface area contributed by atoms with E-state index in [9.17, 15) is 4.79 Å². The van der Waals surface area contributed by atoms with Crippen LogP contribution in [0.4, 0.5) is 11.6 Å². The summed E-state index contributed by atoms with van der Waals surface area (Å²) in [4.78, 5) is 20.9. The van der Waals surface area contributed by atoms with Crippen molar-refractivity contribution in [1.82, 2.24) is 15.3 Å². The first-order chi connectivity index (χ1) is 10.2. The van der Waals surface area contributed by atoms with E-state index >= 15 is 0 Å². The number of carbonyl (C=O) groups excluding carboxylic acids is 1. The van der Waals surface area contributed by atoms with Crippen LogP contribution in [0.25, 0.3) is 0 Å². The van der Waals surface area contributed by atoms with Crippen LogP contribution in [0.1, 0.15) is 50.4 Å². The van der Waals surface area contributed by atoms with Gasteiger partial charge in [0.05, 0.1) is 6.54 Å². The Kier molecular flexibility index (Phi) is 5.36. The first kappa shape index (κ1) is 15.5. The third-order valence-corrected chi connectivity index (χ3v) is 3.44. The fraction of sp³-hybridized carbons (Fsp3) is 0.667. The summed E-state index contributed by atoms with van der Waals surface area (Å²) in [6.45, 7) is 7.82. The van der Waals surface area contributed by atoms with Gasteiger partial charge in [0.25, 0.3) is 0 Å². The van der Waals surface area contributed by atoms with Gasteiger partial charge in [-0.05, 0) is 33.1 Å². The van der Waals surface area contributed by atoms with Gasteiger partial charge in [0, 0.05) is 24.6 Å². The van der Waals surface area contributed by atoms with Gasteiger partial charge in [-0.25, -0.2) is 9.97 Å². The number of aromatic nitrogens is 2. The Hall–Kier alpha value is -1.85. The maximum Gasteiger partial charge on any atom is 0.239 e. The van der Waals surface area contributed by atoms with Gasteiger partial charge in [-0.1, -0.05) is 6.92 Å². The molecule has 2 rings (SSSR count). The van der Waals surface area contributed by atoms with Crippen molar-refractivity contribution in [3.8, 4) is 0 Å². The molecule has 1 amide bonds. The number of hydrogen-bond acceptors (Lipinski definition) is 5. The second-order valence-corrected chi connectivity index (χ2v) is 5.41. The zero-order valence-electron chi connectivity index (χ0n) is 13.1. The maximum absolute atomic E-state index is 11.7. The van der Waals surface area contributed by atoms with E-state index in [0.717, 1.165) is 48.8 Å². The molecular formula is C15H25N5O. The van der Waals surface area contributed by atoms with Crippen molar-refractivity contribution in [2.75, 3.05) is 30.3 Å². The van der Waals surface area contributed by atoms with E-state index in [4.69, 9.17) is 0 Å². The van der Waals surface area contributed by atoms with Crippen LogP contribution < -0.4 is 16.0 Å². The van der Waals surface area contributed by atoms with Gasteiger partial charge in [0.15, 0.2) is 0 Å². The number of rotatable bonds is 8. The predicted molar refractivity (Wildman–Crippen MR) is 84.7 cm³/mol. The molecule has 6 heteroatoms. The summed E-state index contributed by atoms with van der Waals surface area (Å²) in [7, 11) is 0. The minimum Gasteiger partial charge on any atom is -0.370 e. The van der Waals surface area contributed by atoms with Crippen molar-refractivity contribution < 1.29 is 4.79 Å². The molecule has 0 saturated heterocycles. The lowest BCUT2D eigenvalue weighted by Crippen LogP contribution is -2.30. The molecule has 0 unspecified atom stereocenters. The molecule has 1 saturated carbocycles. The molecule has 0 aromatic carbocycles. The first-order valence-corrected chi connectivity index (χ1v) is 7.78. The van der Waals surface area contributed by atoms with Crippen LogP contribution in [0.15, 0.2) is 0 Å². The Labute approximate surface area is 126 Å². The van der Waals surface area contributed by atoms with Crippen molar-refractivity contribution in [3.05, 3.63) is 11.4 Å². The standard InChI is InChI=1S/C15H25N5O/c1-4-8-17-12(21)9-18-14-10(3)13(16-5-2)19-15(20-14)11-6-7-11/h11H,4-9H2,1-3H3,(H,17,21)(H2,16,18,19,20). The van der Waals surface area contributed by atoms with Crippen molar-refractivity contribution in [2.24, 2.45) is 0 Å². The van der Waals surface area contributed by atoms with Crippen molar-refractivity contribution in [2.45, 2.75) is 46.0 Å². The van der Waals surface area contributed by atoms with Gasteiger partial charge >= 0.3 is 0 Å². The Morgan fingerprint density at radius 3 is 2.43 bits per heavy atom. The highest BCUT2D eigenvalue weighted by atomic mass is 16.1. The fourth-order valence-electron chi connectivity index (χ4n) is 2.06. The molecule has 1 aromatic heterocycles. The smallest absolute Gasteiger partial charge is 0.239 e. The minimum atomic E-state index is -0.00663. The van der Waals surface area contributed by atoms with Crippen molar-refractivity contribution in [1.29, 1.82) is 0 Å². The maximum atomic E-state index is 11.7. The highest BCUT2D eigenvalue weighted by Gasteiger charge is 2.28. The number of nitrogens with one attached hydrogen (secondary N) is 3. The number of anilines is 2. The summed E-state index contributed by atoms with van der Waals surface area (Å²) in [5.41, 5.74) is 0.963. The lowest BCUT2D eigenvalue weighted by atomic mass is 10.2. The Morgan fingerprint density at radius 2 is 1.86 bits per heavy atom. The van der Waals surface area contributed by atoms with Gasteiger partial charge in [-0.2, -0.15) is 0 Å². The van der Waals surface area contributed by atoms with Crippen LogP contribution in [0.5, 0.6) is 0 Å². The number of hydrogen-bond donors (Lipinski definition) is 3. The Morgan fingerprint density at radius 1 is 1.19 bits per heavy atom. The quantitative estimate of drug-likeness (QED) is 0.683. The SMILES string of the molecule is CCCNC(=O)CNc1nc(C2CC2)nc(NCC)c1C. The second-order valence-electron chi connectivity index (χ2n) is 5.41. The summed E-state index contributed by atoms with van der Waals surface area (Å²) >= 11 is 0. The molecule has 21 heavy (non-hydrogen) atoms. The first-order valence-electron chi connectivity index (χ1n) is 7.78. The Bertz CT molecular complexity index is 499. The molecule has 1 aromatic rings. The van der Waals surface area contributed by atoms with E-state index < -0.39 is 0 Å². The van der Waals surface area contributed by atoms with Crippen LogP contribution in [0.2, 0.25) is 0 Å². The third kappa shape index (κ3) is 4.31. The van der Waals surface area contributed by atoms with Gasteiger partial charge in [-0.15, -0.1) is 0 Å². The molecule has 0 radical (unpaired) electrons. The molecule has 3 N–H and O–H groups in total.